The van der Waals surface area contributed by atoms with Crippen LogP contribution in [0.15, 0.2) is 18.3 Å². The molecule has 6 nitrogen and oxygen atoms in total. The second-order valence-corrected chi connectivity index (χ2v) is 6.79. The fourth-order valence-corrected chi connectivity index (χ4v) is 4.05. The van der Waals surface area contributed by atoms with Gasteiger partial charge >= 0.3 is 6.03 Å². The topological polar surface area (TPSA) is 86.3 Å². The zero-order valence-corrected chi connectivity index (χ0v) is 14.0. The molecule has 2 aliphatic rings. The first-order valence-electron chi connectivity index (χ1n) is 8.86. The summed E-state index contributed by atoms with van der Waals surface area (Å²) in [5, 5.41) is 8.86. The van der Waals surface area contributed by atoms with Gasteiger partial charge in [0.2, 0.25) is 0 Å². The van der Waals surface area contributed by atoms with Gasteiger partial charge in [-0.05, 0) is 43.7 Å². The van der Waals surface area contributed by atoms with Crippen molar-refractivity contribution in [2.45, 2.75) is 44.6 Å². The van der Waals surface area contributed by atoms with E-state index >= 15 is 0 Å². The molecule has 128 valence electrons. The van der Waals surface area contributed by atoms with Gasteiger partial charge in [0, 0.05) is 31.9 Å². The van der Waals surface area contributed by atoms with Crippen molar-refractivity contribution < 1.29 is 4.79 Å². The summed E-state index contributed by atoms with van der Waals surface area (Å²) in [6.45, 7) is 2.68. The summed E-state index contributed by atoms with van der Waals surface area (Å²) in [5.41, 5.74) is 6.21. The predicted octanol–water partition coefficient (Wildman–Crippen LogP) is 2.49. The van der Waals surface area contributed by atoms with E-state index in [1.807, 2.05) is 17.0 Å². The average molecular weight is 327 g/mol. The minimum atomic E-state index is -0.266. The summed E-state index contributed by atoms with van der Waals surface area (Å²) in [6, 6.07) is 5.86. The van der Waals surface area contributed by atoms with E-state index in [0.717, 1.165) is 51.1 Å². The van der Waals surface area contributed by atoms with Crippen molar-refractivity contribution in [3.05, 3.63) is 23.9 Å². The third kappa shape index (κ3) is 3.61. The number of pyridine rings is 1. The Labute approximate surface area is 143 Å². The second-order valence-electron chi connectivity index (χ2n) is 6.79. The molecule has 1 atom stereocenters. The van der Waals surface area contributed by atoms with Crippen molar-refractivity contribution in [1.82, 2.24) is 9.88 Å². The highest BCUT2D eigenvalue weighted by atomic mass is 16.2. The van der Waals surface area contributed by atoms with Crippen LogP contribution in [-0.4, -0.2) is 41.6 Å². The molecule has 0 bridgehead atoms. The standard InChI is InChI=1S/C18H25N5O/c19-12-14-5-6-17(21-13-14)22-10-7-15(8-11-22)16-4-2-1-3-9-23(16)18(20)24/h5-6,13,15-16H,1-4,7-11H2,(H2,20,24). The molecule has 24 heavy (non-hydrogen) atoms. The Morgan fingerprint density at radius 2 is 1.96 bits per heavy atom. The number of urea groups is 1. The number of anilines is 1. The van der Waals surface area contributed by atoms with E-state index in [0.29, 0.717) is 17.5 Å². The lowest BCUT2D eigenvalue weighted by Crippen LogP contribution is -2.49. The van der Waals surface area contributed by atoms with E-state index in [2.05, 4.69) is 16.0 Å². The summed E-state index contributed by atoms with van der Waals surface area (Å²) in [5.74, 6) is 1.45. The Kier molecular flexibility index (Phi) is 5.19. The van der Waals surface area contributed by atoms with Gasteiger partial charge in [-0.1, -0.05) is 12.8 Å². The first-order chi connectivity index (χ1) is 11.7. The SMILES string of the molecule is N#Cc1ccc(N2CCC(C3CCCCCN3C(N)=O)CC2)nc1. The predicted molar refractivity (Wildman–Crippen MR) is 92.4 cm³/mol. The molecule has 1 aromatic heterocycles. The number of hydrogen-bond donors (Lipinski definition) is 1. The number of likely N-dealkylation sites (tertiary alicyclic amines) is 1. The van der Waals surface area contributed by atoms with E-state index in [-0.39, 0.29) is 6.03 Å². The number of nitrogens with two attached hydrogens (primary N) is 1. The first kappa shape index (κ1) is 16.6. The lowest BCUT2D eigenvalue weighted by Gasteiger charge is -2.40. The maximum Gasteiger partial charge on any atom is 0.315 e. The molecule has 2 N–H and O–H groups in total. The zero-order chi connectivity index (χ0) is 16.9. The van der Waals surface area contributed by atoms with Crippen LogP contribution in [0.1, 0.15) is 44.1 Å². The number of amides is 2. The summed E-state index contributed by atoms with van der Waals surface area (Å²) in [4.78, 5) is 20.4. The summed E-state index contributed by atoms with van der Waals surface area (Å²) in [6.07, 6.45) is 8.24. The number of piperidine rings is 1. The van der Waals surface area contributed by atoms with Crippen molar-refractivity contribution in [2.75, 3.05) is 24.5 Å². The van der Waals surface area contributed by atoms with Crippen molar-refractivity contribution in [1.29, 1.82) is 5.26 Å². The fraction of sp³-hybridized carbons (Fsp3) is 0.611. The zero-order valence-electron chi connectivity index (χ0n) is 14.0. The van der Waals surface area contributed by atoms with Crippen LogP contribution in [0.5, 0.6) is 0 Å². The fourth-order valence-electron chi connectivity index (χ4n) is 4.05. The molecule has 3 heterocycles. The molecule has 2 fully saturated rings. The lowest BCUT2D eigenvalue weighted by atomic mass is 9.86. The van der Waals surface area contributed by atoms with Gasteiger partial charge in [0.05, 0.1) is 5.56 Å². The molecule has 0 aromatic carbocycles. The second kappa shape index (κ2) is 7.52. The van der Waals surface area contributed by atoms with Crippen LogP contribution in [0.3, 0.4) is 0 Å². The Bertz CT molecular complexity index is 601. The van der Waals surface area contributed by atoms with Crippen LogP contribution in [0.4, 0.5) is 10.6 Å². The van der Waals surface area contributed by atoms with Crippen LogP contribution in [0.2, 0.25) is 0 Å². The molecule has 0 radical (unpaired) electrons. The van der Waals surface area contributed by atoms with Gasteiger partial charge in [-0.2, -0.15) is 5.26 Å². The molecule has 0 spiro atoms. The molecule has 2 saturated heterocycles. The largest absolute Gasteiger partial charge is 0.357 e. The average Bonchev–Trinajstić information content (AvgIpc) is 2.88. The van der Waals surface area contributed by atoms with Crippen molar-refractivity contribution >= 4 is 11.8 Å². The number of hydrogen-bond acceptors (Lipinski definition) is 4. The van der Waals surface area contributed by atoms with E-state index in [1.54, 1.807) is 6.20 Å². The molecule has 1 aromatic rings. The maximum atomic E-state index is 11.8. The summed E-state index contributed by atoms with van der Waals surface area (Å²) in [7, 11) is 0. The highest BCUT2D eigenvalue weighted by molar-refractivity contribution is 5.72. The van der Waals surface area contributed by atoms with Gasteiger partial charge in [-0.15, -0.1) is 0 Å². The number of nitriles is 1. The van der Waals surface area contributed by atoms with E-state index in [4.69, 9.17) is 11.0 Å². The minimum Gasteiger partial charge on any atom is -0.357 e. The highest BCUT2D eigenvalue weighted by Crippen LogP contribution is 2.31. The molecule has 2 aliphatic heterocycles. The Hall–Kier alpha value is -2.29. The molecule has 0 saturated carbocycles. The number of primary amides is 1. The Balaban J connectivity index is 1.62. The highest BCUT2D eigenvalue weighted by Gasteiger charge is 2.33. The first-order valence-corrected chi connectivity index (χ1v) is 8.86. The molecular weight excluding hydrogens is 302 g/mol. The van der Waals surface area contributed by atoms with Gasteiger partial charge in [-0.25, -0.2) is 9.78 Å². The number of aromatic nitrogens is 1. The van der Waals surface area contributed by atoms with Gasteiger partial charge in [-0.3, -0.25) is 0 Å². The molecule has 6 heteroatoms. The van der Waals surface area contributed by atoms with Crippen LogP contribution in [0.25, 0.3) is 0 Å². The summed E-state index contributed by atoms with van der Waals surface area (Å²) >= 11 is 0. The molecule has 1 unspecified atom stereocenters. The third-order valence-electron chi connectivity index (χ3n) is 5.37. The monoisotopic (exact) mass is 327 g/mol. The molecule has 0 aliphatic carbocycles. The van der Waals surface area contributed by atoms with E-state index in [9.17, 15) is 4.79 Å². The van der Waals surface area contributed by atoms with Gasteiger partial charge in [0.1, 0.15) is 11.9 Å². The van der Waals surface area contributed by atoms with Crippen molar-refractivity contribution in [3.8, 4) is 6.07 Å². The van der Waals surface area contributed by atoms with Crippen LogP contribution >= 0.6 is 0 Å². The number of carbonyl (C=O) groups excluding carboxylic acids is 1. The Morgan fingerprint density at radius 1 is 1.17 bits per heavy atom. The third-order valence-corrected chi connectivity index (χ3v) is 5.37. The quantitative estimate of drug-likeness (QED) is 0.904. The van der Waals surface area contributed by atoms with Crippen LogP contribution in [-0.2, 0) is 0 Å². The number of rotatable bonds is 2. The van der Waals surface area contributed by atoms with Gasteiger partial charge < -0.3 is 15.5 Å². The lowest BCUT2D eigenvalue weighted by molar-refractivity contribution is 0.143. The smallest absolute Gasteiger partial charge is 0.315 e. The summed E-state index contributed by atoms with van der Waals surface area (Å²) < 4.78 is 0. The van der Waals surface area contributed by atoms with Crippen molar-refractivity contribution in [3.63, 3.8) is 0 Å². The number of carbonyl (C=O) groups is 1. The van der Waals surface area contributed by atoms with Gasteiger partial charge in [0.15, 0.2) is 0 Å². The normalized spacial score (nSPS) is 22.7. The molecule has 2 amide bonds. The van der Waals surface area contributed by atoms with E-state index < -0.39 is 0 Å². The van der Waals surface area contributed by atoms with Crippen molar-refractivity contribution in [2.24, 2.45) is 11.7 Å². The molecule has 3 rings (SSSR count). The Morgan fingerprint density at radius 3 is 2.58 bits per heavy atom. The van der Waals surface area contributed by atoms with Gasteiger partial charge in [0.25, 0.3) is 0 Å². The maximum absolute atomic E-state index is 11.8. The minimum absolute atomic E-state index is 0.266. The van der Waals surface area contributed by atoms with Crippen LogP contribution < -0.4 is 10.6 Å². The van der Waals surface area contributed by atoms with E-state index in [1.165, 1.54) is 12.8 Å². The number of nitrogens with zero attached hydrogens (tertiary/aromatic N) is 4. The van der Waals surface area contributed by atoms with Crippen LogP contribution in [0, 0.1) is 17.2 Å². The molecular formula is C18H25N5O.